The van der Waals surface area contributed by atoms with E-state index in [2.05, 4.69) is 33.0 Å². The molecular weight excluding hydrogens is 270 g/mol. The van der Waals surface area contributed by atoms with Crippen LogP contribution in [0.2, 0.25) is 0 Å². The van der Waals surface area contributed by atoms with Gasteiger partial charge in [-0.1, -0.05) is 37.3 Å². The molecule has 1 fully saturated rings. The van der Waals surface area contributed by atoms with Gasteiger partial charge in [0.15, 0.2) is 0 Å². The van der Waals surface area contributed by atoms with Gasteiger partial charge in [0, 0.05) is 29.7 Å². The summed E-state index contributed by atoms with van der Waals surface area (Å²) in [6, 6.07) is 8.13. The Morgan fingerprint density at radius 3 is 2.38 bits per heavy atom. The highest BCUT2D eigenvalue weighted by atomic mass is 19.3. The van der Waals surface area contributed by atoms with E-state index in [1.54, 1.807) is 18.2 Å². The summed E-state index contributed by atoms with van der Waals surface area (Å²) in [5.41, 5.74) is -0.269. The first kappa shape index (κ1) is 16.4. The Morgan fingerprint density at radius 2 is 1.81 bits per heavy atom. The van der Waals surface area contributed by atoms with E-state index >= 15 is 0 Å². The zero-order valence-electron chi connectivity index (χ0n) is 13.4. The van der Waals surface area contributed by atoms with Gasteiger partial charge in [-0.15, -0.1) is 0 Å². The van der Waals surface area contributed by atoms with Crippen LogP contribution in [0.4, 0.5) is 8.78 Å². The summed E-state index contributed by atoms with van der Waals surface area (Å²) >= 11 is 0. The summed E-state index contributed by atoms with van der Waals surface area (Å²) in [4.78, 5) is 1.95. The number of nitrogens with one attached hydrogen (secondary N) is 1. The van der Waals surface area contributed by atoms with Gasteiger partial charge in [-0.2, -0.15) is 8.78 Å². The average molecular weight is 296 g/mol. The maximum atomic E-state index is 14.6. The van der Waals surface area contributed by atoms with Crippen molar-refractivity contribution < 1.29 is 8.78 Å². The fourth-order valence-corrected chi connectivity index (χ4v) is 2.87. The van der Waals surface area contributed by atoms with Gasteiger partial charge in [0.25, 0.3) is 5.92 Å². The van der Waals surface area contributed by atoms with Gasteiger partial charge in [-0.3, -0.25) is 4.90 Å². The summed E-state index contributed by atoms with van der Waals surface area (Å²) in [6.07, 6.45) is 0.848. The molecule has 1 aromatic rings. The van der Waals surface area contributed by atoms with Crippen LogP contribution in [0.15, 0.2) is 30.3 Å². The number of halogens is 2. The largest absolute Gasteiger partial charge is 0.309 e. The standard InChI is InChI=1S/C17H26F2N2/c1-5-16(4)11-20-15(2,3)12-21(16)13-17(18,19)14-9-7-6-8-10-14/h6-10,20H,5,11-13H2,1-4H3. The van der Waals surface area contributed by atoms with Crippen LogP contribution in [0.1, 0.15) is 39.7 Å². The fourth-order valence-electron chi connectivity index (χ4n) is 2.87. The summed E-state index contributed by atoms with van der Waals surface area (Å²) in [6.45, 7) is 9.39. The molecule has 0 radical (unpaired) electrons. The summed E-state index contributed by atoms with van der Waals surface area (Å²) in [5.74, 6) is -2.83. The molecule has 1 heterocycles. The van der Waals surface area contributed by atoms with E-state index in [4.69, 9.17) is 0 Å². The lowest BCUT2D eigenvalue weighted by atomic mass is 9.87. The third kappa shape index (κ3) is 3.61. The van der Waals surface area contributed by atoms with Gasteiger partial charge < -0.3 is 5.32 Å². The SMILES string of the molecule is CCC1(C)CNC(C)(C)CN1CC(F)(F)c1ccccc1. The van der Waals surface area contributed by atoms with Crippen molar-refractivity contribution in [2.75, 3.05) is 19.6 Å². The number of alkyl halides is 2. The first-order valence-corrected chi connectivity index (χ1v) is 7.62. The van der Waals surface area contributed by atoms with Crippen LogP contribution < -0.4 is 5.32 Å². The highest BCUT2D eigenvalue weighted by Gasteiger charge is 2.44. The van der Waals surface area contributed by atoms with Crippen molar-refractivity contribution in [3.05, 3.63) is 35.9 Å². The molecule has 21 heavy (non-hydrogen) atoms. The van der Waals surface area contributed by atoms with E-state index in [-0.39, 0.29) is 23.2 Å². The molecule has 1 aromatic carbocycles. The molecule has 2 rings (SSSR count). The quantitative estimate of drug-likeness (QED) is 0.912. The lowest BCUT2D eigenvalue weighted by molar-refractivity contribution is -0.0848. The third-order valence-electron chi connectivity index (χ3n) is 4.64. The Morgan fingerprint density at radius 1 is 1.19 bits per heavy atom. The smallest absolute Gasteiger partial charge is 0.285 e. The Kier molecular flexibility index (Phi) is 4.41. The zero-order chi connectivity index (χ0) is 15.7. The highest BCUT2D eigenvalue weighted by molar-refractivity contribution is 5.21. The fraction of sp³-hybridized carbons (Fsp3) is 0.647. The van der Waals surface area contributed by atoms with E-state index in [0.717, 1.165) is 13.0 Å². The van der Waals surface area contributed by atoms with Crippen molar-refractivity contribution in [1.82, 2.24) is 10.2 Å². The van der Waals surface area contributed by atoms with Crippen LogP contribution in [0, 0.1) is 0 Å². The first-order valence-electron chi connectivity index (χ1n) is 7.62. The molecule has 118 valence electrons. The Bertz CT molecular complexity index is 473. The second kappa shape index (κ2) is 5.65. The number of nitrogens with zero attached hydrogens (tertiary/aromatic N) is 1. The van der Waals surface area contributed by atoms with Crippen molar-refractivity contribution in [2.24, 2.45) is 0 Å². The highest BCUT2D eigenvalue weighted by Crippen LogP contribution is 2.34. The molecule has 0 bridgehead atoms. The minimum Gasteiger partial charge on any atom is -0.309 e. The molecule has 1 unspecified atom stereocenters. The predicted octanol–water partition coefficient (Wildman–Crippen LogP) is 3.63. The molecule has 4 heteroatoms. The van der Waals surface area contributed by atoms with Crippen LogP contribution in [-0.2, 0) is 5.92 Å². The van der Waals surface area contributed by atoms with Crippen LogP contribution in [0.25, 0.3) is 0 Å². The molecule has 1 saturated heterocycles. The van der Waals surface area contributed by atoms with E-state index in [1.807, 2.05) is 4.90 Å². The van der Waals surface area contributed by atoms with Crippen molar-refractivity contribution >= 4 is 0 Å². The van der Waals surface area contributed by atoms with Gasteiger partial charge in [-0.05, 0) is 27.2 Å². The molecule has 1 N–H and O–H groups in total. The van der Waals surface area contributed by atoms with Crippen LogP contribution in [-0.4, -0.2) is 35.6 Å². The second-order valence-electron chi connectivity index (χ2n) is 7.01. The molecule has 0 aliphatic carbocycles. The van der Waals surface area contributed by atoms with Crippen molar-refractivity contribution in [2.45, 2.75) is 51.1 Å². The molecule has 0 amide bonds. The number of rotatable bonds is 4. The molecule has 1 atom stereocenters. The van der Waals surface area contributed by atoms with Gasteiger partial charge >= 0.3 is 0 Å². The summed E-state index contributed by atoms with van der Waals surface area (Å²) in [5, 5.41) is 3.47. The number of benzene rings is 1. The Labute approximate surface area is 126 Å². The third-order valence-corrected chi connectivity index (χ3v) is 4.64. The zero-order valence-corrected chi connectivity index (χ0v) is 13.4. The second-order valence-corrected chi connectivity index (χ2v) is 7.01. The lowest BCUT2D eigenvalue weighted by Crippen LogP contribution is -2.68. The van der Waals surface area contributed by atoms with Gasteiger partial charge in [0.05, 0.1) is 6.54 Å². The minimum atomic E-state index is -2.83. The molecule has 1 aliphatic rings. The van der Waals surface area contributed by atoms with Crippen molar-refractivity contribution in [3.8, 4) is 0 Å². The Hall–Kier alpha value is -1.00. The maximum absolute atomic E-state index is 14.6. The topological polar surface area (TPSA) is 15.3 Å². The van der Waals surface area contributed by atoms with Crippen LogP contribution in [0.5, 0.6) is 0 Å². The molecule has 0 aromatic heterocycles. The normalized spacial score (nSPS) is 26.8. The monoisotopic (exact) mass is 296 g/mol. The number of hydrogen-bond acceptors (Lipinski definition) is 2. The van der Waals surface area contributed by atoms with Crippen molar-refractivity contribution in [1.29, 1.82) is 0 Å². The van der Waals surface area contributed by atoms with Crippen molar-refractivity contribution in [3.63, 3.8) is 0 Å². The summed E-state index contributed by atoms with van der Waals surface area (Å²) < 4.78 is 29.2. The number of piperazine rings is 1. The molecule has 0 saturated carbocycles. The number of hydrogen-bond donors (Lipinski definition) is 1. The first-order chi connectivity index (χ1) is 9.69. The average Bonchev–Trinajstić information content (AvgIpc) is 2.44. The Balaban J connectivity index is 2.22. The molecule has 2 nitrogen and oxygen atoms in total. The van der Waals surface area contributed by atoms with E-state index < -0.39 is 5.92 Å². The summed E-state index contributed by atoms with van der Waals surface area (Å²) in [7, 11) is 0. The van der Waals surface area contributed by atoms with E-state index in [1.165, 1.54) is 12.1 Å². The van der Waals surface area contributed by atoms with Gasteiger partial charge in [0.2, 0.25) is 0 Å². The van der Waals surface area contributed by atoms with Crippen LogP contribution in [0.3, 0.4) is 0 Å². The predicted molar refractivity (Wildman–Crippen MR) is 82.7 cm³/mol. The molecule has 0 spiro atoms. The maximum Gasteiger partial charge on any atom is 0.285 e. The van der Waals surface area contributed by atoms with Gasteiger partial charge in [0.1, 0.15) is 0 Å². The van der Waals surface area contributed by atoms with E-state index in [0.29, 0.717) is 6.54 Å². The molecular formula is C17H26F2N2. The van der Waals surface area contributed by atoms with Gasteiger partial charge in [-0.25, -0.2) is 0 Å². The lowest BCUT2D eigenvalue weighted by Gasteiger charge is -2.51. The molecule has 1 aliphatic heterocycles. The van der Waals surface area contributed by atoms with E-state index in [9.17, 15) is 8.78 Å². The van der Waals surface area contributed by atoms with Crippen LogP contribution >= 0.6 is 0 Å². The minimum absolute atomic E-state index is 0.0970.